The van der Waals surface area contributed by atoms with Crippen LogP contribution >= 0.6 is 0 Å². The molecule has 4 aromatic rings. The zero-order chi connectivity index (χ0) is 17.4. The van der Waals surface area contributed by atoms with E-state index in [2.05, 4.69) is 19.9 Å². The maximum Gasteiger partial charge on any atom is 0.278 e. The first-order valence-corrected chi connectivity index (χ1v) is 7.39. The van der Waals surface area contributed by atoms with Gasteiger partial charge in [0.05, 0.1) is 17.7 Å². The maximum absolute atomic E-state index is 13.2. The second-order valence-corrected chi connectivity index (χ2v) is 5.34. The lowest BCUT2D eigenvalue weighted by atomic mass is 10.0. The first-order chi connectivity index (χ1) is 12.1. The average Bonchev–Trinajstić information content (AvgIpc) is 2.63. The summed E-state index contributed by atoms with van der Waals surface area (Å²) in [6.07, 6.45) is 1.24. The number of nitrogens with zero attached hydrogens (tertiary/aromatic N) is 3. The summed E-state index contributed by atoms with van der Waals surface area (Å²) in [7, 11) is 0. The summed E-state index contributed by atoms with van der Waals surface area (Å²) in [6.45, 7) is 0. The van der Waals surface area contributed by atoms with E-state index in [9.17, 15) is 13.6 Å². The Morgan fingerprint density at radius 1 is 0.760 bits per heavy atom. The molecule has 2 aromatic carbocycles. The van der Waals surface area contributed by atoms with Crippen molar-refractivity contribution in [1.82, 2.24) is 19.9 Å². The Bertz CT molecular complexity index is 1120. The summed E-state index contributed by atoms with van der Waals surface area (Å²) in [4.78, 5) is 27.3. The van der Waals surface area contributed by atoms with Crippen molar-refractivity contribution in [3.63, 3.8) is 0 Å². The Hall–Kier alpha value is -3.48. The molecule has 0 unspecified atom stereocenters. The van der Waals surface area contributed by atoms with Gasteiger partial charge in [-0.25, -0.2) is 23.7 Å². The van der Waals surface area contributed by atoms with Crippen LogP contribution in [0, 0.1) is 11.6 Å². The van der Waals surface area contributed by atoms with E-state index in [1.54, 1.807) is 24.3 Å². The smallest absolute Gasteiger partial charge is 0.278 e. The molecular formula is C18H10F2N4O. The van der Waals surface area contributed by atoms with Gasteiger partial charge >= 0.3 is 0 Å². The highest BCUT2D eigenvalue weighted by atomic mass is 19.1. The van der Waals surface area contributed by atoms with E-state index < -0.39 is 5.56 Å². The number of rotatable bonds is 2. The number of hydrogen-bond acceptors (Lipinski definition) is 4. The second-order valence-electron chi connectivity index (χ2n) is 5.34. The molecule has 1 N–H and O–H groups in total. The Labute approximate surface area is 140 Å². The lowest BCUT2D eigenvalue weighted by Gasteiger charge is -2.09. The Morgan fingerprint density at radius 2 is 1.28 bits per heavy atom. The fourth-order valence-electron chi connectivity index (χ4n) is 2.51. The summed E-state index contributed by atoms with van der Waals surface area (Å²) < 4.78 is 26.5. The summed E-state index contributed by atoms with van der Waals surface area (Å²) >= 11 is 0. The first-order valence-electron chi connectivity index (χ1n) is 7.39. The molecule has 5 nitrogen and oxygen atoms in total. The predicted molar refractivity (Wildman–Crippen MR) is 88.7 cm³/mol. The fourth-order valence-corrected chi connectivity index (χ4v) is 2.51. The molecule has 0 aliphatic rings. The number of fused-ring (bicyclic) bond motifs is 1. The quantitative estimate of drug-likeness (QED) is 0.609. The SMILES string of the molecule is O=c1[nH]cnc2nc(-c3ccc(F)cc3)c(-c3ccc(F)cc3)nc12. The minimum absolute atomic E-state index is 0.0766. The molecule has 0 radical (unpaired) electrons. The summed E-state index contributed by atoms with van der Waals surface area (Å²) in [5.74, 6) is -0.768. The van der Waals surface area contributed by atoms with Crippen molar-refractivity contribution in [2.24, 2.45) is 0 Å². The molecule has 122 valence electrons. The van der Waals surface area contributed by atoms with Crippen molar-refractivity contribution in [2.45, 2.75) is 0 Å². The first kappa shape index (κ1) is 15.1. The van der Waals surface area contributed by atoms with Gasteiger partial charge < -0.3 is 4.98 Å². The molecule has 0 bridgehead atoms. The lowest BCUT2D eigenvalue weighted by molar-refractivity contribution is 0.627. The summed E-state index contributed by atoms with van der Waals surface area (Å²) in [5.41, 5.74) is 1.83. The Morgan fingerprint density at radius 3 is 1.84 bits per heavy atom. The number of aromatic nitrogens is 4. The molecule has 25 heavy (non-hydrogen) atoms. The van der Waals surface area contributed by atoms with Crippen LogP contribution in [0.1, 0.15) is 0 Å². The van der Waals surface area contributed by atoms with Crippen LogP contribution in [0.3, 0.4) is 0 Å². The number of hydrogen-bond donors (Lipinski definition) is 1. The largest absolute Gasteiger partial charge is 0.311 e. The molecule has 0 aliphatic heterocycles. The third kappa shape index (κ3) is 2.76. The fraction of sp³-hybridized carbons (Fsp3) is 0. The lowest BCUT2D eigenvalue weighted by Crippen LogP contribution is -2.10. The Balaban J connectivity index is 2.04. The van der Waals surface area contributed by atoms with Gasteiger partial charge in [0, 0.05) is 11.1 Å². The zero-order valence-electron chi connectivity index (χ0n) is 12.7. The molecule has 0 saturated heterocycles. The van der Waals surface area contributed by atoms with E-state index >= 15 is 0 Å². The third-order valence-corrected chi connectivity index (χ3v) is 3.71. The van der Waals surface area contributed by atoms with Gasteiger partial charge in [-0.3, -0.25) is 4.79 Å². The second kappa shape index (κ2) is 5.86. The van der Waals surface area contributed by atoms with Crippen molar-refractivity contribution in [3.8, 4) is 22.5 Å². The highest BCUT2D eigenvalue weighted by Gasteiger charge is 2.15. The van der Waals surface area contributed by atoms with Crippen LogP contribution in [0.2, 0.25) is 0 Å². The molecule has 0 atom stereocenters. The normalized spacial score (nSPS) is 11.0. The average molecular weight is 336 g/mol. The molecule has 0 saturated carbocycles. The number of benzene rings is 2. The summed E-state index contributed by atoms with van der Waals surface area (Å²) in [6, 6.07) is 11.4. The van der Waals surface area contributed by atoms with Crippen LogP contribution in [0.5, 0.6) is 0 Å². The van der Waals surface area contributed by atoms with E-state index in [4.69, 9.17) is 0 Å². The highest BCUT2D eigenvalue weighted by Crippen LogP contribution is 2.30. The standard InChI is InChI=1S/C18H10F2N4O/c19-12-5-1-10(2-6-12)14-15(11-3-7-13(20)8-4-11)24-17-16(23-14)18(25)22-9-21-17/h1-9H,(H,21,22,24,25). The van der Waals surface area contributed by atoms with E-state index in [1.807, 2.05) is 0 Å². The van der Waals surface area contributed by atoms with Gasteiger partial charge in [-0.1, -0.05) is 0 Å². The van der Waals surface area contributed by atoms with Crippen molar-refractivity contribution in [3.05, 3.63) is 76.8 Å². The number of halogens is 2. The van der Waals surface area contributed by atoms with Gasteiger partial charge in [-0.15, -0.1) is 0 Å². The van der Waals surface area contributed by atoms with Gasteiger partial charge in [-0.05, 0) is 48.5 Å². The van der Waals surface area contributed by atoms with Gasteiger partial charge in [-0.2, -0.15) is 0 Å². The van der Waals surface area contributed by atoms with Gasteiger partial charge in [0.25, 0.3) is 5.56 Å². The highest BCUT2D eigenvalue weighted by molar-refractivity contribution is 5.84. The molecule has 0 aliphatic carbocycles. The van der Waals surface area contributed by atoms with Crippen LogP contribution in [0.15, 0.2) is 59.7 Å². The van der Waals surface area contributed by atoms with Gasteiger partial charge in [0.1, 0.15) is 11.6 Å². The van der Waals surface area contributed by atoms with Crippen molar-refractivity contribution < 1.29 is 8.78 Å². The molecule has 0 spiro atoms. The van der Waals surface area contributed by atoms with E-state index in [1.165, 1.54) is 30.6 Å². The topological polar surface area (TPSA) is 71.5 Å². The zero-order valence-corrected chi connectivity index (χ0v) is 12.7. The van der Waals surface area contributed by atoms with Crippen molar-refractivity contribution in [1.29, 1.82) is 0 Å². The van der Waals surface area contributed by atoms with Crippen molar-refractivity contribution in [2.75, 3.05) is 0 Å². The predicted octanol–water partition coefficient (Wildman–Crippen LogP) is 3.33. The van der Waals surface area contributed by atoms with Crippen LogP contribution in [-0.2, 0) is 0 Å². The molecular weight excluding hydrogens is 326 g/mol. The number of nitrogens with one attached hydrogen (secondary N) is 1. The molecule has 0 amide bonds. The monoisotopic (exact) mass is 336 g/mol. The summed E-state index contributed by atoms with van der Waals surface area (Å²) in [5, 5.41) is 0. The van der Waals surface area contributed by atoms with Crippen LogP contribution in [0.25, 0.3) is 33.7 Å². The number of H-pyrrole nitrogens is 1. The van der Waals surface area contributed by atoms with Crippen molar-refractivity contribution >= 4 is 11.2 Å². The van der Waals surface area contributed by atoms with Gasteiger partial charge in [0.2, 0.25) is 0 Å². The van der Waals surface area contributed by atoms with Gasteiger partial charge in [0.15, 0.2) is 11.2 Å². The third-order valence-electron chi connectivity index (χ3n) is 3.71. The molecule has 2 heterocycles. The molecule has 0 fully saturated rings. The van der Waals surface area contributed by atoms with Crippen LogP contribution in [0.4, 0.5) is 8.78 Å². The van der Waals surface area contributed by atoms with Crippen LogP contribution < -0.4 is 5.56 Å². The molecule has 4 rings (SSSR count). The van der Waals surface area contributed by atoms with Crippen LogP contribution in [-0.4, -0.2) is 19.9 Å². The Kier molecular flexibility index (Phi) is 3.53. The maximum atomic E-state index is 13.2. The minimum atomic E-state index is -0.425. The molecule has 7 heteroatoms. The van der Waals surface area contributed by atoms with E-state index in [0.717, 1.165) is 0 Å². The van der Waals surface area contributed by atoms with E-state index in [-0.39, 0.29) is 22.8 Å². The van der Waals surface area contributed by atoms with E-state index in [0.29, 0.717) is 22.5 Å². The molecule has 2 aromatic heterocycles. The number of aromatic amines is 1. The minimum Gasteiger partial charge on any atom is -0.311 e.